The largest absolute Gasteiger partial charge is 0.295 e. The van der Waals surface area contributed by atoms with Crippen LogP contribution in [0.4, 0.5) is 5.95 Å². The summed E-state index contributed by atoms with van der Waals surface area (Å²) in [6.07, 6.45) is 6.99. The fourth-order valence-corrected chi connectivity index (χ4v) is 3.73. The van der Waals surface area contributed by atoms with Crippen LogP contribution in [0.1, 0.15) is 55.8 Å². The van der Waals surface area contributed by atoms with Crippen molar-refractivity contribution < 1.29 is 4.79 Å². The predicted octanol–water partition coefficient (Wildman–Crippen LogP) is 3.04. The molecule has 1 aromatic heterocycles. The minimum absolute atomic E-state index is 0.0925. The number of carbonyl (C=O) groups is 1. The van der Waals surface area contributed by atoms with Crippen molar-refractivity contribution in [3.05, 3.63) is 17.5 Å². The number of aromatic nitrogens is 2. The van der Waals surface area contributed by atoms with Gasteiger partial charge in [0.15, 0.2) is 0 Å². The van der Waals surface area contributed by atoms with Crippen LogP contribution in [0.25, 0.3) is 0 Å². The van der Waals surface area contributed by atoms with Gasteiger partial charge in [-0.3, -0.25) is 10.1 Å². The van der Waals surface area contributed by atoms with Gasteiger partial charge in [0.1, 0.15) is 0 Å². The number of hydrogen-bond acceptors (Lipinski definition) is 3. The van der Waals surface area contributed by atoms with Crippen molar-refractivity contribution in [2.75, 3.05) is 5.32 Å². The fraction of sp³-hybridized carbons (Fsp3) is 0.688. The fourth-order valence-electron chi connectivity index (χ4n) is 3.73. The molecule has 3 aliphatic rings. The van der Waals surface area contributed by atoms with E-state index in [4.69, 9.17) is 0 Å². The molecule has 3 aliphatic carbocycles. The molecule has 1 aromatic rings. The highest BCUT2D eigenvalue weighted by molar-refractivity contribution is 5.89. The lowest BCUT2D eigenvalue weighted by molar-refractivity contribution is -0.117. The van der Waals surface area contributed by atoms with Gasteiger partial charge in [-0.1, -0.05) is 0 Å². The lowest BCUT2D eigenvalue weighted by Crippen LogP contribution is -2.18. The molecule has 0 aliphatic heterocycles. The summed E-state index contributed by atoms with van der Waals surface area (Å²) in [5.74, 6) is 3.56. The van der Waals surface area contributed by atoms with Crippen LogP contribution >= 0.6 is 0 Å². The minimum atomic E-state index is 0.0925. The van der Waals surface area contributed by atoms with Crippen molar-refractivity contribution in [1.82, 2.24) is 9.97 Å². The molecule has 4 nitrogen and oxygen atoms in total. The smallest absolute Gasteiger partial charge is 0.229 e. The lowest BCUT2D eigenvalue weighted by Gasteiger charge is -2.11. The molecule has 0 saturated heterocycles. The van der Waals surface area contributed by atoms with E-state index >= 15 is 0 Å². The zero-order valence-corrected chi connectivity index (χ0v) is 11.9. The third-order valence-corrected chi connectivity index (χ3v) is 5.06. The maximum atomic E-state index is 12.1. The van der Waals surface area contributed by atoms with E-state index in [-0.39, 0.29) is 5.91 Å². The summed E-state index contributed by atoms with van der Waals surface area (Å²) in [6.45, 7) is 1.97. The van der Waals surface area contributed by atoms with Gasteiger partial charge in [0.2, 0.25) is 11.9 Å². The first-order valence-electron chi connectivity index (χ1n) is 7.84. The van der Waals surface area contributed by atoms with E-state index in [9.17, 15) is 4.79 Å². The normalized spacial score (nSPS) is 30.9. The number of amides is 1. The zero-order chi connectivity index (χ0) is 13.7. The highest BCUT2D eigenvalue weighted by atomic mass is 16.1. The van der Waals surface area contributed by atoms with Crippen molar-refractivity contribution in [1.29, 1.82) is 0 Å². The first-order valence-corrected chi connectivity index (χ1v) is 7.84. The van der Waals surface area contributed by atoms with E-state index in [0.29, 0.717) is 24.2 Å². The number of nitrogens with one attached hydrogen (secondary N) is 1. The molecular weight excluding hydrogens is 250 g/mol. The second-order valence-electron chi connectivity index (χ2n) is 6.78. The molecule has 4 heteroatoms. The van der Waals surface area contributed by atoms with Crippen LogP contribution < -0.4 is 5.32 Å². The van der Waals surface area contributed by atoms with E-state index in [2.05, 4.69) is 15.3 Å². The summed E-state index contributed by atoms with van der Waals surface area (Å²) in [5.41, 5.74) is 2.04. The van der Waals surface area contributed by atoms with Crippen LogP contribution in [-0.2, 0) is 4.79 Å². The first-order chi connectivity index (χ1) is 9.69. The van der Waals surface area contributed by atoms with Gasteiger partial charge in [-0.15, -0.1) is 0 Å². The van der Waals surface area contributed by atoms with E-state index in [1.54, 1.807) is 0 Å². The molecular formula is C16H21N3O. The average molecular weight is 271 g/mol. The topological polar surface area (TPSA) is 54.9 Å². The van der Waals surface area contributed by atoms with Gasteiger partial charge in [0, 0.05) is 23.7 Å². The molecule has 20 heavy (non-hydrogen) atoms. The van der Waals surface area contributed by atoms with Gasteiger partial charge in [-0.25, -0.2) is 9.97 Å². The number of fused-ring (bicyclic) bond motifs is 1. The van der Waals surface area contributed by atoms with Crippen LogP contribution in [0, 0.1) is 24.7 Å². The quantitative estimate of drug-likeness (QED) is 0.915. The molecule has 3 atom stereocenters. The van der Waals surface area contributed by atoms with Gasteiger partial charge in [0.05, 0.1) is 0 Å². The Morgan fingerprint density at radius 2 is 2.15 bits per heavy atom. The van der Waals surface area contributed by atoms with E-state index in [1.165, 1.54) is 32.1 Å². The Labute approximate surface area is 119 Å². The Hall–Kier alpha value is -1.45. The maximum Gasteiger partial charge on any atom is 0.229 e. The molecule has 1 amide bonds. The Balaban J connectivity index is 1.41. The SMILES string of the molecule is Cc1cc(C2CC2)nc(NC(=O)CC2CCC3CC23)n1. The molecule has 0 aromatic carbocycles. The maximum absolute atomic E-state index is 12.1. The van der Waals surface area contributed by atoms with Crippen LogP contribution in [-0.4, -0.2) is 15.9 Å². The van der Waals surface area contributed by atoms with Crippen LogP contribution in [0.5, 0.6) is 0 Å². The number of aryl methyl sites for hydroxylation is 1. The Morgan fingerprint density at radius 1 is 1.30 bits per heavy atom. The molecule has 3 unspecified atom stereocenters. The summed E-state index contributed by atoms with van der Waals surface area (Å²) < 4.78 is 0. The van der Waals surface area contributed by atoms with Crippen LogP contribution in [0.15, 0.2) is 6.07 Å². The summed E-state index contributed by atoms with van der Waals surface area (Å²) in [4.78, 5) is 21.0. The Kier molecular flexibility index (Phi) is 2.79. The number of carbonyl (C=O) groups excluding carboxylic acids is 1. The molecule has 1 N–H and O–H groups in total. The van der Waals surface area contributed by atoms with Crippen molar-refractivity contribution in [2.24, 2.45) is 17.8 Å². The third kappa shape index (κ3) is 2.43. The number of hydrogen-bond donors (Lipinski definition) is 1. The van der Waals surface area contributed by atoms with Gasteiger partial charge in [-0.05, 0) is 62.8 Å². The van der Waals surface area contributed by atoms with Crippen molar-refractivity contribution in [2.45, 2.75) is 51.4 Å². The lowest BCUT2D eigenvalue weighted by atomic mass is 9.99. The third-order valence-electron chi connectivity index (χ3n) is 5.06. The molecule has 3 saturated carbocycles. The second kappa shape index (κ2) is 4.54. The number of rotatable bonds is 4. The Bertz CT molecular complexity index is 553. The number of anilines is 1. The predicted molar refractivity (Wildman–Crippen MR) is 76.3 cm³/mol. The summed E-state index contributed by atoms with van der Waals surface area (Å²) in [7, 11) is 0. The van der Waals surface area contributed by atoms with Gasteiger partial charge < -0.3 is 0 Å². The standard InChI is InChI=1S/C16H21N3O/c1-9-6-14(10-2-3-10)18-16(17-9)19-15(20)8-12-5-4-11-7-13(11)12/h6,10-13H,2-5,7-8H2,1H3,(H,17,18,19,20). The summed E-state index contributed by atoms with van der Waals surface area (Å²) >= 11 is 0. The van der Waals surface area contributed by atoms with Crippen molar-refractivity contribution in [3.8, 4) is 0 Å². The highest BCUT2D eigenvalue weighted by Crippen LogP contribution is 2.56. The van der Waals surface area contributed by atoms with Crippen molar-refractivity contribution in [3.63, 3.8) is 0 Å². The van der Waals surface area contributed by atoms with E-state index < -0.39 is 0 Å². The number of nitrogens with zero attached hydrogens (tertiary/aromatic N) is 2. The molecule has 106 valence electrons. The highest BCUT2D eigenvalue weighted by Gasteiger charge is 2.48. The van der Waals surface area contributed by atoms with Gasteiger partial charge >= 0.3 is 0 Å². The first kappa shape index (κ1) is 12.3. The van der Waals surface area contributed by atoms with Crippen LogP contribution in [0.3, 0.4) is 0 Å². The van der Waals surface area contributed by atoms with E-state index in [0.717, 1.165) is 23.2 Å². The summed E-state index contributed by atoms with van der Waals surface area (Å²) in [6, 6.07) is 2.04. The summed E-state index contributed by atoms with van der Waals surface area (Å²) in [5, 5.41) is 2.91. The molecule has 4 rings (SSSR count). The molecule has 3 fully saturated rings. The molecule has 0 spiro atoms. The molecule has 0 radical (unpaired) electrons. The van der Waals surface area contributed by atoms with Gasteiger partial charge in [0.25, 0.3) is 0 Å². The van der Waals surface area contributed by atoms with Gasteiger partial charge in [-0.2, -0.15) is 0 Å². The molecule has 1 heterocycles. The average Bonchev–Trinajstić information content (AvgIpc) is 3.30. The minimum Gasteiger partial charge on any atom is -0.295 e. The second-order valence-corrected chi connectivity index (χ2v) is 6.78. The van der Waals surface area contributed by atoms with E-state index in [1.807, 2.05) is 13.0 Å². The Morgan fingerprint density at radius 3 is 2.80 bits per heavy atom. The van der Waals surface area contributed by atoms with Crippen molar-refractivity contribution >= 4 is 11.9 Å². The monoisotopic (exact) mass is 271 g/mol. The molecule has 0 bridgehead atoms. The zero-order valence-electron chi connectivity index (χ0n) is 11.9. The van der Waals surface area contributed by atoms with Crippen LogP contribution in [0.2, 0.25) is 0 Å².